The van der Waals surface area contributed by atoms with Crippen molar-refractivity contribution in [3.63, 3.8) is 0 Å². The summed E-state index contributed by atoms with van der Waals surface area (Å²) in [6, 6.07) is 22.3. The molecule has 0 aliphatic rings. The Labute approximate surface area is 154 Å². The molecule has 25 heavy (non-hydrogen) atoms. The summed E-state index contributed by atoms with van der Waals surface area (Å²) in [7, 11) is 0. The largest absolute Gasteiger partial charge is 0.279 e. The highest BCUT2D eigenvalue weighted by atomic mass is 35.5. The first kappa shape index (κ1) is 15.9. The van der Waals surface area contributed by atoms with E-state index >= 15 is 0 Å². The normalized spacial score (nSPS) is 11.0. The van der Waals surface area contributed by atoms with E-state index in [9.17, 15) is 4.79 Å². The number of fused-ring (bicyclic) bond motifs is 1. The lowest BCUT2D eigenvalue weighted by Gasteiger charge is -2.12. The van der Waals surface area contributed by atoms with Crippen LogP contribution in [-0.4, -0.2) is 9.78 Å². The smallest absolute Gasteiger partial charge is 0.267 e. The summed E-state index contributed by atoms with van der Waals surface area (Å²) >= 11 is 12.4. The Morgan fingerprint density at radius 2 is 1.44 bits per heavy atom. The Morgan fingerprint density at radius 1 is 0.760 bits per heavy atom. The molecule has 0 fully saturated rings. The summed E-state index contributed by atoms with van der Waals surface area (Å²) in [6.45, 7) is 0. The molecule has 1 aromatic heterocycles. The lowest BCUT2D eigenvalue weighted by Crippen LogP contribution is -2.22. The monoisotopic (exact) mass is 366 g/mol. The molecule has 122 valence electrons. The molecule has 0 spiro atoms. The van der Waals surface area contributed by atoms with Crippen LogP contribution < -0.4 is 5.56 Å². The highest BCUT2D eigenvalue weighted by Crippen LogP contribution is 2.29. The number of aromatic nitrogens is 2. The Bertz CT molecular complexity index is 1140. The number of nitrogens with zero attached hydrogens (tertiary/aromatic N) is 2. The van der Waals surface area contributed by atoms with Crippen molar-refractivity contribution in [3.8, 4) is 16.9 Å². The van der Waals surface area contributed by atoms with E-state index in [1.54, 1.807) is 24.3 Å². The Morgan fingerprint density at radius 3 is 2.20 bits per heavy atom. The second-order valence-electron chi connectivity index (χ2n) is 5.55. The van der Waals surface area contributed by atoms with E-state index in [2.05, 4.69) is 5.10 Å². The quantitative estimate of drug-likeness (QED) is 0.478. The molecular formula is C20H12Cl2N2O. The van der Waals surface area contributed by atoms with Crippen LogP contribution in [0.5, 0.6) is 0 Å². The highest BCUT2D eigenvalue weighted by molar-refractivity contribution is 6.43. The molecule has 3 nitrogen and oxygen atoms in total. The van der Waals surface area contributed by atoms with Gasteiger partial charge < -0.3 is 0 Å². The van der Waals surface area contributed by atoms with Crippen LogP contribution in [0.25, 0.3) is 27.7 Å². The maximum Gasteiger partial charge on any atom is 0.279 e. The fraction of sp³-hybridized carbons (Fsp3) is 0. The van der Waals surface area contributed by atoms with Gasteiger partial charge in [-0.15, -0.1) is 0 Å². The molecular weight excluding hydrogens is 355 g/mol. The number of benzene rings is 3. The van der Waals surface area contributed by atoms with Crippen LogP contribution >= 0.6 is 23.2 Å². The minimum Gasteiger partial charge on any atom is -0.267 e. The van der Waals surface area contributed by atoms with Crippen LogP contribution in [0.1, 0.15) is 0 Å². The van der Waals surface area contributed by atoms with Gasteiger partial charge in [-0.2, -0.15) is 9.78 Å². The first-order chi connectivity index (χ1) is 12.2. The van der Waals surface area contributed by atoms with Crippen molar-refractivity contribution < 1.29 is 0 Å². The predicted molar refractivity (Wildman–Crippen MR) is 103 cm³/mol. The van der Waals surface area contributed by atoms with Crippen molar-refractivity contribution in [2.75, 3.05) is 0 Å². The third-order valence-electron chi connectivity index (χ3n) is 4.01. The molecule has 5 heteroatoms. The summed E-state index contributed by atoms with van der Waals surface area (Å²) in [5.74, 6) is 0. The molecule has 0 saturated carbocycles. The zero-order valence-corrected chi connectivity index (χ0v) is 14.5. The molecule has 0 radical (unpaired) electrons. The van der Waals surface area contributed by atoms with Crippen molar-refractivity contribution in [3.05, 3.63) is 93.2 Å². The lowest BCUT2D eigenvalue weighted by molar-refractivity contribution is 0.826. The van der Waals surface area contributed by atoms with E-state index in [0.717, 1.165) is 10.9 Å². The van der Waals surface area contributed by atoms with Crippen LogP contribution in [0.3, 0.4) is 0 Å². The van der Waals surface area contributed by atoms with Crippen molar-refractivity contribution >= 4 is 34.0 Å². The zero-order valence-electron chi connectivity index (χ0n) is 13.0. The Kier molecular flexibility index (Phi) is 4.04. The minimum atomic E-state index is -0.237. The standard InChI is InChI=1S/C20H12Cl2N2O/c21-16-11-6-12-17(18(16)22)24-20(25)15-10-5-4-9-14(15)19(23-24)13-7-2-1-3-8-13/h1-12H. The molecule has 3 aromatic carbocycles. The van der Waals surface area contributed by atoms with Crippen molar-refractivity contribution in [2.24, 2.45) is 0 Å². The third kappa shape index (κ3) is 2.72. The summed E-state index contributed by atoms with van der Waals surface area (Å²) in [5.41, 5.74) is 1.86. The van der Waals surface area contributed by atoms with E-state index in [4.69, 9.17) is 23.2 Å². The van der Waals surface area contributed by atoms with Crippen LogP contribution in [0.2, 0.25) is 10.0 Å². The first-order valence-corrected chi connectivity index (χ1v) is 8.44. The van der Waals surface area contributed by atoms with E-state index in [0.29, 0.717) is 26.8 Å². The fourth-order valence-corrected chi connectivity index (χ4v) is 3.19. The van der Waals surface area contributed by atoms with Crippen LogP contribution in [0.4, 0.5) is 0 Å². The van der Waals surface area contributed by atoms with Crippen molar-refractivity contribution in [1.82, 2.24) is 9.78 Å². The molecule has 0 saturated heterocycles. The van der Waals surface area contributed by atoms with Gasteiger partial charge in [0, 0.05) is 10.9 Å². The fourth-order valence-electron chi connectivity index (χ4n) is 2.82. The molecule has 0 unspecified atom stereocenters. The number of hydrogen-bond donors (Lipinski definition) is 0. The predicted octanol–water partition coefficient (Wildman–Crippen LogP) is 5.36. The van der Waals surface area contributed by atoms with Crippen LogP contribution in [-0.2, 0) is 0 Å². The summed E-state index contributed by atoms with van der Waals surface area (Å²) in [5, 5.41) is 6.66. The molecule has 0 aliphatic carbocycles. The average Bonchev–Trinajstić information content (AvgIpc) is 2.66. The number of halogens is 2. The van der Waals surface area contributed by atoms with Crippen LogP contribution in [0.15, 0.2) is 77.6 Å². The van der Waals surface area contributed by atoms with E-state index in [1.807, 2.05) is 48.5 Å². The second-order valence-corrected chi connectivity index (χ2v) is 6.34. The van der Waals surface area contributed by atoms with Gasteiger partial charge in [0.1, 0.15) is 0 Å². The molecule has 0 atom stereocenters. The molecule has 4 aromatic rings. The highest BCUT2D eigenvalue weighted by Gasteiger charge is 2.15. The minimum absolute atomic E-state index is 0.237. The van der Waals surface area contributed by atoms with Gasteiger partial charge in [-0.1, -0.05) is 77.8 Å². The molecule has 4 rings (SSSR count). The number of rotatable bonds is 2. The second kappa shape index (κ2) is 6.36. The number of hydrogen-bond acceptors (Lipinski definition) is 2. The Hall–Kier alpha value is -2.62. The van der Waals surface area contributed by atoms with E-state index < -0.39 is 0 Å². The van der Waals surface area contributed by atoms with E-state index in [-0.39, 0.29) is 5.56 Å². The van der Waals surface area contributed by atoms with Gasteiger partial charge in [0.25, 0.3) is 5.56 Å². The lowest BCUT2D eigenvalue weighted by atomic mass is 10.1. The zero-order chi connectivity index (χ0) is 17.4. The summed E-state index contributed by atoms with van der Waals surface area (Å²) in [4.78, 5) is 13.0. The average molecular weight is 367 g/mol. The molecule has 0 N–H and O–H groups in total. The first-order valence-electron chi connectivity index (χ1n) is 7.68. The van der Waals surface area contributed by atoms with Crippen molar-refractivity contribution in [1.29, 1.82) is 0 Å². The molecule has 0 bridgehead atoms. The van der Waals surface area contributed by atoms with E-state index in [1.165, 1.54) is 4.68 Å². The topological polar surface area (TPSA) is 34.9 Å². The summed E-state index contributed by atoms with van der Waals surface area (Å²) < 4.78 is 1.32. The van der Waals surface area contributed by atoms with Crippen molar-refractivity contribution in [2.45, 2.75) is 0 Å². The van der Waals surface area contributed by atoms with Gasteiger partial charge in [0.05, 0.1) is 26.8 Å². The maximum absolute atomic E-state index is 13.0. The van der Waals surface area contributed by atoms with Gasteiger partial charge in [-0.05, 0) is 18.2 Å². The Balaban J connectivity index is 2.12. The van der Waals surface area contributed by atoms with Gasteiger partial charge in [0.15, 0.2) is 0 Å². The van der Waals surface area contributed by atoms with Gasteiger partial charge in [-0.3, -0.25) is 4.79 Å². The van der Waals surface area contributed by atoms with Gasteiger partial charge in [0.2, 0.25) is 0 Å². The molecule has 1 heterocycles. The van der Waals surface area contributed by atoms with Crippen LogP contribution in [0, 0.1) is 0 Å². The SMILES string of the molecule is O=c1c2ccccc2c(-c2ccccc2)nn1-c1cccc(Cl)c1Cl. The molecule has 0 aliphatic heterocycles. The molecule has 0 amide bonds. The maximum atomic E-state index is 13.0. The van der Waals surface area contributed by atoms with Gasteiger partial charge in [-0.25, -0.2) is 0 Å². The van der Waals surface area contributed by atoms with Gasteiger partial charge >= 0.3 is 0 Å². The third-order valence-corrected chi connectivity index (χ3v) is 4.82. The summed E-state index contributed by atoms with van der Waals surface area (Å²) in [6.07, 6.45) is 0.